The van der Waals surface area contributed by atoms with Gasteiger partial charge in [-0.05, 0) is 64.7 Å². The molecule has 0 saturated heterocycles. The zero-order valence-electron chi connectivity index (χ0n) is 25.1. The largest absolute Gasteiger partial charge is 0.452 e. The summed E-state index contributed by atoms with van der Waals surface area (Å²) in [4.78, 5) is 0. The van der Waals surface area contributed by atoms with Crippen LogP contribution in [0.2, 0.25) is 0 Å². The van der Waals surface area contributed by atoms with Gasteiger partial charge in [0, 0.05) is 41.7 Å². The molecule has 0 bridgehead atoms. The molecular weight excluding hydrogens is 593 g/mol. The lowest BCUT2D eigenvalue weighted by atomic mass is 9.98. The van der Waals surface area contributed by atoms with Crippen molar-refractivity contribution in [3.8, 4) is 34.0 Å². The second kappa shape index (κ2) is 9.92. The van der Waals surface area contributed by atoms with Crippen LogP contribution in [0.1, 0.15) is 5.56 Å². The SMILES string of the molecule is N#Cc1cc(-c2cccc3c2sc2ccccc23)cc2c1oc1c(-n3c4ccccc4c4cc(-c5ccccc5)ccc43)cccc12. The first-order valence-corrected chi connectivity index (χ1v) is 16.5. The molecule has 0 unspecified atom stereocenters. The fourth-order valence-electron chi connectivity index (χ4n) is 7.32. The van der Waals surface area contributed by atoms with Crippen molar-refractivity contribution in [3.63, 3.8) is 0 Å². The number of benzene rings is 7. The summed E-state index contributed by atoms with van der Waals surface area (Å²) in [6, 6.07) is 53.7. The number of rotatable bonds is 3. The van der Waals surface area contributed by atoms with Crippen molar-refractivity contribution in [3.05, 3.63) is 151 Å². The summed E-state index contributed by atoms with van der Waals surface area (Å²) in [5.41, 5.74) is 9.62. The Kier molecular flexibility index (Phi) is 5.51. The third kappa shape index (κ3) is 3.78. The standard InChI is InChI=1S/C43H24N2OS/c44-25-29-22-28(30-14-8-16-34-32-13-5-7-19-40(32)47-43(30)34)24-36-33-15-9-18-39(42(33)46-41(29)36)45-37-17-6-4-12-31(37)35-23-27(20-21-38(35)45)26-10-2-1-3-11-26/h1-24H. The van der Waals surface area contributed by atoms with Gasteiger partial charge >= 0.3 is 0 Å². The van der Waals surface area contributed by atoms with Gasteiger partial charge < -0.3 is 8.98 Å². The van der Waals surface area contributed by atoms with E-state index in [4.69, 9.17) is 4.42 Å². The minimum atomic E-state index is 0.535. The van der Waals surface area contributed by atoms with Gasteiger partial charge in [-0.15, -0.1) is 11.3 Å². The van der Waals surface area contributed by atoms with Crippen LogP contribution < -0.4 is 0 Å². The molecule has 3 aromatic heterocycles. The van der Waals surface area contributed by atoms with E-state index in [0.717, 1.165) is 44.2 Å². The highest BCUT2D eigenvalue weighted by Crippen LogP contribution is 2.44. The summed E-state index contributed by atoms with van der Waals surface area (Å²) in [6.07, 6.45) is 0. The molecule has 0 aliphatic rings. The molecular formula is C43H24N2OS. The molecule has 0 radical (unpaired) electrons. The van der Waals surface area contributed by atoms with E-state index in [1.807, 2.05) is 12.1 Å². The van der Waals surface area contributed by atoms with Crippen LogP contribution in [-0.2, 0) is 0 Å². The molecule has 3 nitrogen and oxygen atoms in total. The molecule has 7 aromatic carbocycles. The van der Waals surface area contributed by atoms with E-state index in [1.165, 1.54) is 42.1 Å². The highest BCUT2D eigenvalue weighted by Gasteiger charge is 2.21. The summed E-state index contributed by atoms with van der Waals surface area (Å²) < 4.78 is 11.5. The van der Waals surface area contributed by atoms with Gasteiger partial charge in [-0.3, -0.25) is 0 Å². The number of fused-ring (bicyclic) bond motifs is 9. The smallest absolute Gasteiger partial charge is 0.159 e. The Labute approximate surface area is 273 Å². The monoisotopic (exact) mass is 616 g/mol. The highest BCUT2D eigenvalue weighted by molar-refractivity contribution is 7.26. The summed E-state index contributed by atoms with van der Waals surface area (Å²) in [7, 11) is 0. The van der Waals surface area contributed by atoms with Crippen molar-refractivity contribution in [2.75, 3.05) is 0 Å². The maximum atomic E-state index is 10.4. The second-order valence-electron chi connectivity index (χ2n) is 12.0. The van der Waals surface area contributed by atoms with E-state index in [1.54, 1.807) is 11.3 Å². The van der Waals surface area contributed by atoms with Crippen LogP contribution in [0, 0.1) is 11.3 Å². The fourth-order valence-corrected chi connectivity index (χ4v) is 8.56. The number of nitriles is 1. The predicted molar refractivity (Wildman–Crippen MR) is 197 cm³/mol. The minimum Gasteiger partial charge on any atom is -0.452 e. The molecule has 10 aromatic rings. The van der Waals surface area contributed by atoms with Crippen LogP contribution >= 0.6 is 11.3 Å². The topological polar surface area (TPSA) is 41.9 Å². The molecule has 0 aliphatic carbocycles. The lowest BCUT2D eigenvalue weighted by molar-refractivity contribution is 0.665. The molecule has 0 spiro atoms. The van der Waals surface area contributed by atoms with Crippen molar-refractivity contribution in [2.45, 2.75) is 0 Å². The number of hydrogen-bond donors (Lipinski definition) is 0. The summed E-state index contributed by atoms with van der Waals surface area (Å²) >= 11 is 1.80. The lowest BCUT2D eigenvalue weighted by Crippen LogP contribution is -1.94. The van der Waals surface area contributed by atoms with Crippen molar-refractivity contribution >= 4 is 75.3 Å². The molecule has 0 amide bonds. The van der Waals surface area contributed by atoms with Crippen molar-refractivity contribution < 1.29 is 4.42 Å². The molecule has 10 rings (SSSR count). The Morgan fingerprint density at radius 1 is 0.511 bits per heavy atom. The quantitative estimate of drug-likeness (QED) is 0.198. The van der Waals surface area contributed by atoms with Gasteiger partial charge in [-0.2, -0.15) is 5.26 Å². The van der Waals surface area contributed by atoms with Crippen molar-refractivity contribution in [1.29, 1.82) is 5.26 Å². The van der Waals surface area contributed by atoms with E-state index >= 15 is 0 Å². The highest BCUT2D eigenvalue weighted by atomic mass is 32.1. The second-order valence-corrected chi connectivity index (χ2v) is 13.1. The zero-order valence-corrected chi connectivity index (χ0v) is 25.9. The van der Waals surface area contributed by atoms with Crippen LogP contribution in [0.3, 0.4) is 0 Å². The number of aromatic nitrogens is 1. The van der Waals surface area contributed by atoms with E-state index < -0.39 is 0 Å². The Balaban J connectivity index is 1.23. The Hall–Kier alpha value is -6.15. The Morgan fingerprint density at radius 3 is 2.13 bits per heavy atom. The van der Waals surface area contributed by atoms with E-state index in [9.17, 15) is 5.26 Å². The average molecular weight is 617 g/mol. The molecule has 0 fully saturated rings. The van der Waals surface area contributed by atoms with E-state index in [2.05, 4.69) is 144 Å². The van der Waals surface area contributed by atoms with E-state index in [-0.39, 0.29) is 0 Å². The number of nitrogens with zero attached hydrogens (tertiary/aromatic N) is 2. The summed E-state index contributed by atoms with van der Waals surface area (Å²) in [5.74, 6) is 0. The number of thiophene rings is 1. The minimum absolute atomic E-state index is 0.535. The molecule has 0 N–H and O–H groups in total. The molecule has 4 heteroatoms. The van der Waals surface area contributed by atoms with Gasteiger partial charge in [0.2, 0.25) is 0 Å². The molecule has 0 aliphatic heterocycles. The maximum Gasteiger partial charge on any atom is 0.159 e. The van der Waals surface area contributed by atoms with Gasteiger partial charge in [0.15, 0.2) is 11.2 Å². The first-order chi connectivity index (χ1) is 23.3. The third-order valence-electron chi connectivity index (χ3n) is 9.43. The number of hydrogen-bond acceptors (Lipinski definition) is 3. The van der Waals surface area contributed by atoms with Gasteiger partial charge in [-0.25, -0.2) is 0 Å². The van der Waals surface area contributed by atoms with Crippen molar-refractivity contribution in [2.24, 2.45) is 0 Å². The first-order valence-electron chi connectivity index (χ1n) is 15.7. The summed E-state index contributed by atoms with van der Waals surface area (Å²) in [6.45, 7) is 0. The Bertz CT molecular complexity index is 2920. The predicted octanol–water partition coefficient (Wildman–Crippen LogP) is 12.3. The van der Waals surface area contributed by atoms with Crippen molar-refractivity contribution in [1.82, 2.24) is 4.57 Å². The van der Waals surface area contributed by atoms with Crippen LogP contribution in [0.25, 0.3) is 91.9 Å². The molecule has 47 heavy (non-hydrogen) atoms. The number of para-hydroxylation sites is 2. The molecule has 0 atom stereocenters. The van der Waals surface area contributed by atoms with E-state index in [0.29, 0.717) is 11.1 Å². The molecule has 218 valence electrons. The van der Waals surface area contributed by atoms with Gasteiger partial charge in [0.05, 0.1) is 22.3 Å². The van der Waals surface area contributed by atoms with Gasteiger partial charge in [-0.1, -0.05) is 103 Å². The van der Waals surface area contributed by atoms with Crippen LogP contribution in [0.15, 0.2) is 150 Å². The molecule has 3 heterocycles. The lowest BCUT2D eigenvalue weighted by Gasteiger charge is -2.09. The normalized spacial score (nSPS) is 11.8. The average Bonchev–Trinajstić information content (AvgIpc) is 3.81. The zero-order chi connectivity index (χ0) is 31.1. The summed E-state index contributed by atoms with van der Waals surface area (Å²) in [5, 5.41) is 17.2. The number of furan rings is 1. The Morgan fingerprint density at radius 2 is 1.23 bits per heavy atom. The maximum absolute atomic E-state index is 10.4. The first kappa shape index (κ1) is 26.1. The fraction of sp³-hybridized carbons (Fsp3) is 0. The third-order valence-corrected chi connectivity index (χ3v) is 10.7. The van der Waals surface area contributed by atoms with Gasteiger partial charge in [0.1, 0.15) is 6.07 Å². The van der Waals surface area contributed by atoms with Crippen LogP contribution in [-0.4, -0.2) is 4.57 Å². The van der Waals surface area contributed by atoms with Crippen LogP contribution in [0.4, 0.5) is 0 Å². The molecule has 0 saturated carbocycles. The van der Waals surface area contributed by atoms with Gasteiger partial charge in [0.25, 0.3) is 0 Å². The van der Waals surface area contributed by atoms with Crippen LogP contribution in [0.5, 0.6) is 0 Å².